The van der Waals surface area contributed by atoms with Gasteiger partial charge in [0, 0.05) is 48.5 Å². The quantitative estimate of drug-likeness (QED) is 0.849. The fourth-order valence-corrected chi connectivity index (χ4v) is 2.89. The molecule has 0 unspecified atom stereocenters. The molecule has 0 radical (unpaired) electrons. The van der Waals surface area contributed by atoms with Gasteiger partial charge in [0.05, 0.1) is 12.1 Å². The first kappa shape index (κ1) is 13.9. The second kappa shape index (κ2) is 5.41. The molecule has 108 valence electrons. The molecule has 0 saturated carbocycles. The molecule has 1 aromatic carbocycles. The predicted octanol–water partition coefficient (Wildman–Crippen LogP) is 3.53. The standard InChI is InChI=1S/C14H16BrF2N3/c15-12-1-2-13-11(9-12)10-20(18-13)8-7-19-5-3-14(16,17)4-6-19/h1-2,9-10H,3-8H2. The van der Waals surface area contributed by atoms with Crippen LogP contribution in [0.2, 0.25) is 0 Å². The molecule has 0 amide bonds. The molecule has 6 heteroatoms. The average molecular weight is 344 g/mol. The summed E-state index contributed by atoms with van der Waals surface area (Å²) in [6.07, 6.45) is 1.95. The summed E-state index contributed by atoms with van der Waals surface area (Å²) in [5.74, 6) is -2.47. The van der Waals surface area contributed by atoms with Crippen LogP contribution < -0.4 is 0 Å². The van der Waals surface area contributed by atoms with Crippen molar-refractivity contribution in [3.05, 3.63) is 28.9 Å². The number of halogens is 3. The number of likely N-dealkylation sites (tertiary alicyclic amines) is 1. The molecule has 1 aromatic heterocycles. The number of benzene rings is 1. The zero-order valence-corrected chi connectivity index (χ0v) is 12.6. The second-order valence-corrected chi connectivity index (χ2v) is 6.21. The maximum absolute atomic E-state index is 13.1. The number of hydrogen-bond acceptors (Lipinski definition) is 2. The molecule has 0 bridgehead atoms. The molecule has 0 atom stereocenters. The summed E-state index contributed by atoms with van der Waals surface area (Å²) < 4.78 is 29.1. The number of alkyl halides is 2. The largest absolute Gasteiger partial charge is 0.301 e. The van der Waals surface area contributed by atoms with E-state index in [4.69, 9.17) is 0 Å². The molecule has 0 N–H and O–H groups in total. The van der Waals surface area contributed by atoms with Crippen LogP contribution in [0, 0.1) is 0 Å². The predicted molar refractivity (Wildman–Crippen MR) is 78.1 cm³/mol. The minimum absolute atomic E-state index is 0.0268. The van der Waals surface area contributed by atoms with Crippen molar-refractivity contribution < 1.29 is 8.78 Å². The Balaban J connectivity index is 1.60. The van der Waals surface area contributed by atoms with E-state index in [0.717, 1.165) is 28.5 Å². The summed E-state index contributed by atoms with van der Waals surface area (Å²) in [5, 5.41) is 5.58. The maximum atomic E-state index is 13.1. The molecule has 0 aliphatic carbocycles. The van der Waals surface area contributed by atoms with Gasteiger partial charge in [-0.25, -0.2) is 8.78 Å². The van der Waals surface area contributed by atoms with E-state index in [0.29, 0.717) is 13.1 Å². The van der Waals surface area contributed by atoms with Crippen LogP contribution in [0.3, 0.4) is 0 Å². The fraction of sp³-hybridized carbons (Fsp3) is 0.500. The summed E-state index contributed by atoms with van der Waals surface area (Å²) >= 11 is 3.44. The van der Waals surface area contributed by atoms with Crippen LogP contribution in [0.15, 0.2) is 28.9 Å². The molecule has 0 spiro atoms. The minimum Gasteiger partial charge on any atom is -0.301 e. The van der Waals surface area contributed by atoms with E-state index in [1.165, 1.54) is 0 Å². The Morgan fingerprint density at radius 2 is 1.95 bits per heavy atom. The highest BCUT2D eigenvalue weighted by Crippen LogP contribution is 2.27. The topological polar surface area (TPSA) is 21.1 Å². The van der Waals surface area contributed by atoms with Crippen LogP contribution in [-0.4, -0.2) is 40.2 Å². The highest BCUT2D eigenvalue weighted by atomic mass is 79.9. The third kappa shape index (κ3) is 3.17. The van der Waals surface area contributed by atoms with E-state index in [1.807, 2.05) is 29.1 Å². The monoisotopic (exact) mass is 343 g/mol. The van der Waals surface area contributed by atoms with Gasteiger partial charge in [-0.3, -0.25) is 4.68 Å². The first-order valence-corrected chi connectivity index (χ1v) is 7.54. The Hall–Kier alpha value is -1.01. The van der Waals surface area contributed by atoms with Crippen molar-refractivity contribution >= 4 is 26.8 Å². The maximum Gasteiger partial charge on any atom is 0.250 e. The molecule has 3 nitrogen and oxygen atoms in total. The Kier molecular flexibility index (Phi) is 3.77. The summed E-state index contributed by atoms with van der Waals surface area (Å²) in [7, 11) is 0. The van der Waals surface area contributed by atoms with Gasteiger partial charge in [0.25, 0.3) is 5.92 Å². The van der Waals surface area contributed by atoms with E-state index < -0.39 is 5.92 Å². The first-order chi connectivity index (χ1) is 9.52. The number of hydrogen-bond donors (Lipinski definition) is 0. The number of piperidine rings is 1. The molecule has 1 saturated heterocycles. The van der Waals surface area contributed by atoms with E-state index in [2.05, 4.69) is 25.9 Å². The lowest BCUT2D eigenvalue weighted by atomic mass is 10.1. The van der Waals surface area contributed by atoms with E-state index in [-0.39, 0.29) is 12.8 Å². The van der Waals surface area contributed by atoms with Gasteiger partial charge in [-0.2, -0.15) is 5.10 Å². The van der Waals surface area contributed by atoms with Crippen LogP contribution >= 0.6 is 15.9 Å². The van der Waals surface area contributed by atoms with Gasteiger partial charge in [-0.15, -0.1) is 0 Å². The molecule has 1 fully saturated rings. The summed E-state index contributed by atoms with van der Waals surface area (Å²) in [6, 6.07) is 5.96. The average Bonchev–Trinajstić information content (AvgIpc) is 2.79. The lowest BCUT2D eigenvalue weighted by Gasteiger charge is -2.31. The Morgan fingerprint density at radius 1 is 1.20 bits per heavy atom. The third-order valence-corrected chi connectivity index (χ3v) is 4.24. The van der Waals surface area contributed by atoms with Gasteiger partial charge in [0.15, 0.2) is 0 Å². The molecular formula is C14H16BrF2N3. The number of nitrogens with zero attached hydrogens (tertiary/aromatic N) is 3. The van der Waals surface area contributed by atoms with Crippen molar-refractivity contribution in [2.24, 2.45) is 0 Å². The van der Waals surface area contributed by atoms with Crippen molar-refractivity contribution in [3.8, 4) is 0 Å². The van der Waals surface area contributed by atoms with E-state index in [9.17, 15) is 8.78 Å². The van der Waals surface area contributed by atoms with Gasteiger partial charge in [-0.05, 0) is 18.2 Å². The lowest BCUT2D eigenvalue weighted by Crippen LogP contribution is -2.40. The van der Waals surface area contributed by atoms with E-state index >= 15 is 0 Å². The van der Waals surface area contributed by atoms with Crippen LogP contribution in [0.5, 0.6) is 0 Å². The van der Waals surface area contributed by atoms with Gasteiger partial charge in [0.2, 0.25) is 0 Å². The normalized spacial score (nSPS) is 19.6. The van der Waals surface area contributed by atoms with Crippen LogP contribution in [-0.2, 0) is 6.54 Å². The third-order valence-electron chi connectivity index (χ3n) is 3.75. The zero-order chi connectivity index (χ0) is 14.2. The molecule has 2 aromatic rings. The van der Waals surface area contributed by atoms with Gasteiger partial charge in [-0.1, -0.05) is 15.9 Å². The first-order valence-electron chi connectivity index (χ1n) is 6.75. The van der Waals surface area contributed by atoms with Crippen molar-refractivity contribution in [2.45, 2.75) is 25.3 Å². The Labute approximate surface area is 124 Å². The highest BCUT2D eigenvalue weighted by Gasteiger charge is 2.33. The van der Waals surface area contributed by atoms with E-state index in [1.54, 1.807) is 0 Å². The van der Waals surface area contributed by atoms with Crippen LogP contribution in [0.4, 0.5) is 8.78 Å². The van der Waals surface area contributed by atoms with Crippen LogP contribution in [0.25, 0.3) is 10.9 Å². The van der Waals surface area contributed by atoms with Crippen molar-refractivity contribution in [1.29, 1.82) is 0 Å². The lowest BCUT2D eigenvalue weighted by molar-refractivity contribution is -0.0555. The second-order valence-electron chi connectivity index (χ2n) is 5.29. The van der Waals surface area contributed by atoms with Crippen molar-refractivity contribution in [2.75, 3.05) is 19.6 Å². The Bertz CT molecular complexity index is 601. The Morgan fingerprint density at radius 3 is 2.70 bits per heavy atom. The molecular weight excluding hydrogens is 328 g/mol. The van der Waals surface area contributed by atoms with Gasteiger partial charge < -0.3 is 4.90 Å². The van der Waals surface area contributed by atoms with Crippen molar-refractivity contribution in [3.63, 3.8) is 0 Å². The summed E-state index contributed by atoms with van der Waals surface area (Å²) in [5.41, 5.74) is 0.957. The number of rotatable bonds is 3. The minimum atomic E-state index is -2.47. The molecule has 1 aliphatic heterocycles. The fourth-order valence-electron chi connectivity index (χ4n) is 2.51. The zero-order valence-electron chi connectivity index (χ0n) is 11.0. The van der Waals surface area contributed by atoms with Gasteiger partial charge >= 0.3 is 0 Å². The number of aromatic nitrogens is 2. The summed E-state index contributed by atoms with van der Waals surface area (Å²) in [4.78, 5) is 2.08. The smallest absolute Gasteiger partial charge is 0.250 e. The SMILES string of the molecule is FC1(F)CCN(CCn2cc3cc(Br)ccc3n2)CC1. The molecule has 1 aliphatic rings. The molecule has 3 rings (SSSR count). The highest BCUT2D eigenvalue weighted by molar-refractivity contribution is 9.10. The van der Waals surface area contributed by atoms with Gasteiger partial charge in [0.1, 0.15) is 0 Å². The van der Waals surface area contributed by atoms with Crippen molar-refractivity contribution in [1.82, 2.24) is 14.7 Å². The molecule has 2 heterocycles. The number of fused-ring (bicyclic) bond motifs is 1. The summed E-state index contributed by atoms with van der Waals surface area (Å²) in [6.45, 7) is 2.45. The van der Waals surface area contributed by atoms with Crippen LogP contribution in [0.1, 0.15) is 12.8 Å². The molecule has 20 heavy (non-hydrogen) atoms.